The first kappa shape index (κ1) is 9.74. The summed E-state index contributed by atoms with van der Waals surface area (Å²) < 4.78 is 8.70. The second-order valence-corrected chi connectivity index (χ2v) is 1.01. The van der Waals surface area contributed by atoms with Crippen LogP contribution in [0.4, 0.5) is 0 Å². The number of hydrogen-bond acceptors (Lipinski definition) is 1. The fourth-order valence-corrected chi connectivity index (χ4v) is 0. The van der Waals surface area contributed by atoms with Gasteiger partial charge in [0.1, 0.15) is 0 Å². The monoisotopic (exact) mass is 121 g/mol. The van der Waals surface area contributed by atoms with Crippen LogP contribution >= 0.6 is 8.25 Å². The van der Waals surface area contributed by atoms with E-state index in [0.29, 0.717) is 0 Å². The van der Waals surface area contributed by atoms with Crippen LogP contribution in [0.3, 0.4) is 0 Å². The first-order valence-corrected chi connectivity index (χ1v) is 2.45. The van der Waals surface area contributed by atoms with Gasteiger partial charge in [-0.3, -0.25) is 0 Å². The Morgan fingerprint density at radius 1 is 1.43 bits per heavy atom. The molecule has 0 saturated carbocycles. The van der Waals surface area contributed by atoms with Crippen LogP contribution in [0, 0.1) is 0 Å². The van der Waals surface area contributed by atoms with Gasteiger partial charge in [0.05, 0.1) is 0 Å². The average molecular weight is 121 g/mol. The van der Waals surface area contributed by atoms with E-state index in [1.54, 1.807) is 0 Å². The molecule has 0 atom stereocenters. The molecule has 40 valence electrons. The first-order valence-electron chi connectivity index (χ1n) is 1.29. The molecule has 0 spiro atoms. The number of hydrogen-bond donors (Lipinski definition) is 2. The maximum absolute atomic E-state index is 8.70. The van der Waals surface area contributed by atoms with E-state index in [1.807, 2.05) is 0 Å². The normalized spacial score (nSPS) is 4.86. The van der Waals surface area contributed by atoms with E-state index in [1.165, 1.54) is 0 Å². The third-order valence-corrected chi connectivity index (χ3v) is 0. The van der Waals surface area contributed by atoms with E-state index < -0.39 is 8.25 Å². The largest absolute Gasteiger partial charge is 0.692 e. The van der Waals surface area contributed by atoms with Gasteiger partial charge in [-0.2, -0.15) is 0 Å². The summed E-state index contributed by atoms with van der Waals surface area (Å²) >= 11 is 0. The van der Waals surface area contributed by atoms with Crippen LogP contribution in [0.1, 0.15) is 0 Å². The van der Waals surface area contributed by atoms with Gasteiger partial charge in [-0.05, 0) is 0 Å². The Balaban J connectivity index is 0. The van der Waals surface area contributed by atoms with Gasteiger partial charge in [-0.15, -0.1) is 15.5 Å². The highest BCUT2D eigenvalue weighted by molar-refractivity contribution is 7.30. The molecule has 0 unspecified atom stereocenters. The zero-order valence-corrected chi connectivity index (χ0v) is 4.56. The molecule has 0 aromatic rings. The molecule has 0 aliphatic heterocycles. The van der Waals surface area contributed by atoms with Gasteiger partial charge in [-0.1, -0.05) is 13.2 Å². The third-order valence-electron chi connectivity index (χ3n) is 0. The van der Waals surface area contributed by atoms with Gasteiger partial charge >= 0.3 is 8.25 Å². The standard InChI is InChI=1S/C3H4.HO3P/c1-3-2;1-4(2)3/h1-2H2;(H-,1,2,3)/p+1. The summed E-state index contributed by atoms with van der Waals surface area (Å²) in [6.07, 6.45) is 0. The molecule has 0 radical (unpaired) electrons. The van der Waals surface area contributed by atoms with Crippen molar-refractivity contribution in [2.75, 3.05) is 0 Å². The molecule has 2 N–H and O–H groups in total. The lowest BCUT2D eigenvalue weighted by atomic mass is 11.0. The lowest BCUT2D eigenvalue weighted by molar-refractivity contribution is 0.405. The van der Waals surface area contributed by atoms with Crippen molar-refractivity contribution < 1.29 is 14.4 Å². The van der Waals surface area contributed by atoms with E-state index in [9.17, 15) is 0 Å². The zero-order chi connectivity index (χ0) is 6.28. The summed E-state index contributed by atoms with van der Waals surface area (Å²) in [6.45, 7) is 6.25. The van der Waals surface area contributed by atoms with Crippen molar-refractivity contribution in [1.82, 2.24) is 0 Å². The smallest absolute Gasteiger partial charge is 0.137 e. The van der Waals surface area contributed by atoms with Crippen molar-refractivity contribution in [2.24, 2.45) is 0 Å². The van der Waals surface area contributed by atoms with E-state index >= 15 is 0 Å². The number of rotatable bonds is 0. The highest BCUT2D eigenvalue weighted by Gasteiger charge is 1.93. The molecular weight excluding hydrogens is 115 g/mol. The average Bonchev–Trinajstić information content (AvgIpc) is 1.33. The van der Waals surface area contributed by atoms with Crippen molar-refractivity contribution in [3.8, 4) is 0 Å². The van der Waals surface area contributed by atoms with E-state index in [4.69, 9.17) is 14.4 Å². The van der Waals surface area contributed by atoms with E-state index in [0.717, 1.165) is 0 Å². The molecule has 0 aromatic carbocycles. The SMILES string of the molecule is C=C=C.O=[P+](O)O. The van der Waals surface area contributed by atoms with Crippen molar-refractivity contribution in [3.05, 3.63) is 18.9 Å². The molecule has 7 heavy (non-hydrogen) atoms. The molecule has 3 nitrogen and oxygen atoms in total. The minimum atomic E-state index is -2.87. The van der Waals surface area contributed by atoms with Gasteiger partial charge < -0.3 is 0 Å². The predicted molar refractivity (Wildman–Crippen MR) is 26.8 cm³/mol. The van der Waals surface area contributed by atoms with Crippen LogP contribution in [0.25, 0.3) is 0 Å². The quantitative estimate of drug-likeness (QED) is 0.364. The molecule has 0 fully saturated rings. The summed E-state index contributed by atoms with van der Waals surface area (Å²) in [7, 11) is -2.87. The molecule has 0 bridgehead atoms. The molecule has 0 saturated heterocycles. The molecular formula is C3H6O3P+. The maximum atomic E-state index is 8.70. The Hall–Kier alpha value is -0.460. The van der Waals surface area contributed by atoms with Crippen molar-refractivity contribution in [1.29, 1.82) is 0 Å². The predicted octanol–water partition coefficient (Wildman–Crippen LogP) is 0.586. The van der Waals surface area contributed by atoms with Crippen LogP contribution in [0.5, 0.6) is 0 Å². The summed E-state index contributed by atoms with van der Waals surface area (Å²) in [5.41, 5.74) is 2.25. The van der Waals surface area contributed by atoms with Gasteiger partial charge in [0.2, 0.25) is 0 Å². The molecule has 0 aromatic heterocycles. The lowest BCUT2D eigenvalue weighted by Gasteiger charge is -1.34. The maximum Gasteiger partial charge on any atom is 0.692 e. The molecule has 0 aliphatic carbocycles. The van der Waals surface area contributed by atoms with Crippen molar-refractivity contribution >= 4 is 8.25 Å². The van der Waals surface area contributed by atoms with Gasteiger partial charge in [0, 0.05) is 4.57 Å². The summed E-state index contributed by atoms with van der Waals surface area (Å²) in [5, 5.41) is 0. The second kappa shape index (κ2) is 9.11. The lowest BCUT2D eigenvalue weighted by Crippen LogP contribution is -1.38. The van der Waals surface area contributed by atoms with Crippen LogP contribution < -0.4 is 0 Å². The Labute approximate surface area is 42.6 Å². The molecule has 0 heterocycles. The summed E-state index contributed by atoms with van der Waals surface area (Å²) in [6, 6.07) is 0. The van der Waals surface area contributed by atoms with E-state index in [2.05, 4.69) is 18.9 Å². The highest BCUT2D eigenvalue weighted by atomic mass is 31.1. The Kier molecular flexibility index (Phi) is 12.7. The third kappa shape index (κ3) is 328. The highest BCUT2D eigenvalue weighted by Crippen LogP contribution is 1.98. The fraction of sp³-hybridized carbons (Fsp3) is 0. The van der Waals surface area contributed by atoms with Gasteiger partial charge in [0.15, 0.2) is 0 Å². The minimum Gasteiger partial charge on any atom is -0.137 e. The van der Waals surface area contributed by atoms with E-state index in [-0.39, 0.29) is 0 Å². The second-order valence-electron chi connectivity index (χ2n) is 0.503. The molecule has 4 heteroatoms. The van der Waals surface area contributed by atoms with Gasteiger partial charge in [0.25, 0.3) is 0 Å². The Morgan fingerprint density at radius 3 is 1.43 bits per heavy atom. The summed E-state index contributed by atoms with van der Waals surface area (Å²) in [4.78, 5) is 14.2. The van der Waals surface area contributed by atoms with Crippen molar-refractivity contribution in [3.63, 3.8) is 0 Å². The molecule has 0 rings (SSSR count). The topological polar surface area (TPSA) is 57.5 Å². The first-order chi connectivity index (χ1) is 3.15. The molecule has 0 aliphatic rings. The molecule has 0 amide bonds. The Morgan fingerprint density at radius 2 is 1.43 bits per heavy atom. The van der Waals surface area contributed by atoms with Crippen LogP contribution in [-0.4, -0.2) is 9.79 Å². The van der Waals surface area contributed by atoms with Crippen LogP contribution in [0.2, 0.25) is 0 Å². The van der Waals surface area contributed by atoms with Crippen LogP contribution in [-0.2, 0) is 4.57 Å². The van der Waals surface area contributed by atoms with Gasteiger partial charge in [-0.25, -0.2) is 0 Å². The fourth-order valence-electron chi connectivity index (χ4n) is 0. The minimum absolute atomic E-state index is 2.25. The van der Waals surface area contributed by atoms with Crippen molar-refractivity contribution in [2.45, 2.75) is 0 Å². The van der Waals surface area contributed by atoms with Crippen LogP contribution in [0.15, 0.2) is 18.9 Å². The Bertz CT molecular complexity index is 78.2. The zero-order valence-electron chi connectivity index (χ0n) is 3.66. The summed E-state index contributed by atoms with van der Waals surface area (Å²) in [5.74, 6) is 0.